The molecule has 0 spiro atoms. The molecule has 1 aromatic rings. The second-order valence-electron chi connectivity index (χ2n) is 3.95. The molecule has 120 valence electrons. The van der Waals surface area contributed by atoms with Gasteiger partial charge in [0.2, 0.25) is 0 Å². The predicted octanol–water partition coefficient (Wildman–Crippen LogP) is 1.40. The van der Waals surface area contributed by atoms with Crippen LogP contribution in [0.4, 0.5) is 4.79 Å². The minimum atomic E-state index is -0.759. The molecule has 2 amide bonds. The average molecular weight is 374 g/mol. The number of hydrazone groups is 1. The van der Waals surface area contributed by atoms with Gasteiger partial charge in [0.1, 0.15) is 13.2 Å². The van der Waals surface area contributed by atoms with Gasteiger partial charge in [-0.3, -0.25) is 4.79 Å². The Morgan fingerprint density at radius 2 is 2.09 bits per heavy atom. The first-order valence-electron chi connectivity index (χ1n) is 6.16. The maximum Gasteiger partial charge on any atom is 0.332 e. The van der Waals surface area contributed by atoms with Crippen LogP contribution in [0.1, 0.15) is 12.5 Å². The van der Waals surface area contributed by atoms with Crippen LogP contribution >= 0.6 is 15.9 Å². The Morgan fingerprint density at radius 1 is 1.36 bits per heavy atom. The first kappa shape index (κ1) is 17.8. The van der Waals surface area contributed by atoms with Gasteiger partial charge in [-0.15, -0.1) is 0 Å². The van der Waals surface area contributed by atoms with Crippen LogP contribution in [0, 0.1) is 0 Å². The van der Waals surface area contributed by atoms with E-state index in [1.165, 1.54) is 20.2 Å². The molecule has 3 N–H and O–H groups in total. The SMILES string of the molecule is COc1cc(C=NNC(N)=O)c(Br)cc1OCCOC(C)=O. The molecule has 1 rings (SSSR count). The Kier molecular flexibility index (Phi) is 7.17. The molecule has 8 nitrogen and oxygen atoms in total. The molecule has 0 unspecified atom stereocenters. The van der Waals surface area contributed by atoms with Gasteiger partial charge in [0.25, 0.3) is 0 Å². The van der Waals surface area contributed by atoms with Crippen molar-refractivity contribution in [3.63, 3.8) is 0 Å². The summed E-state index contributed by atoms with van der Waals surface area (Å²) in [6.45, 7) is 1.66. The highest BCUT2D eigenvalue weighted by Gasteiger charge is 2.09. The van der Waals surface area contributed by atoms with Gasteiger partial charge < -0.3 is 19.9 Å². The Hall–Kier alpha value is -2.29. The summed E-state index contributed by atoms with van der Waals surface area (Å²) in [5.74, 6) is 0.568. The predicted molar refractivity (Wildman–Crippen MR) is 83.1 cm³/mol. The highest BCUT2D eigenvalue weighted by molar-refractivity contribution is 9.10. The number of carbonyl (C=O) groups is 2. The van der Waals surface area contributed by atoms with Crippen LogP contribution in [0.5, 0.6) is 11.5 Å². The third-order valence-electron chi connectivity index (χ3n) is 2.31. The molecule has 1 aromatic carbocycles. The number of primary amides is 1. The molecule has 0 heterocycles. The van der Waals surface area contributed by atoms with Gasteiger partial charge in [-0.25, -0.2) is 10.2 Å². The molecule has 0 aromatic heterocycles. The van der Waals surface area contributed by atoms with Gasteiger partial charge in [0.15, 0.2) is 11.5 Å². The fraction of sp³-hybridized carbons (Fsp3) is 0.308. The van der Waals surface area contributed by atoms with E-state index in [0.29, 0.717) is 21.5 Å². The molecular weight excluding hydrogens is 358 g/mol. The molecule has 22 heavy (non-hydrogen) atoms. The number of nitrogens with one attached hydrogen (secondary N) is 1. The second kappa shape index (κ2) is 8.88. The van der Waals surface area contributed by atoms with E-state index in [2.05, 4.69) is 26.5 Å². The van der Waals surface area contributed by atoms with Gasteiger partial charge >= 0.3 is 12.0 Å². The summed E-state index contributed by atoms with van der Waals surface area (Å²) >= 11 is 3.35. The third-order valence-corrected chi connectivity index (χ3v) is 2.99. The van der Waals surface area contributed by atoms with Crippen molar-refractivity contribution in [3.8, 4) is 11.5 Å². The minimum Gasteiger partial charge on any atom is -0.493 e. The molecule has 9 heteroatoms. The second-order valence-corrected chi connectivity index (χ2v) is 4.80. The zero-order chi connectivity index (χ0) is 16.5. The first-order chi connectivity index (χ1) is 10.4. The lowest BCUT2D eigenvalue weighted by atomic mass is 10.2. The lowest BCUT2D eigenvalue weighted by molar-refractivity contribution is -0.141. The summed E-state index contributed by atoms with van der Waals surface area (Å²) in [7, 11) is 1.49. The Bertz CT molecular complexity index is 577. The van der Waals surface area contributed by atoms with Crippen molar-refractivity contribution in [2.24, 2.45) is 10.8 Å². The standard InChI is InChI=1S/C13H16BrN3O5/c1-8(18)21-3-4-22-12-6-10(14)9(5-11(12)20-2)7-16-17-13(15)19/h5-7H,3-4H2,1-2H3,(H3,15,17,19). The summed E-state index contributed by atoms with van der Waals surface area (Å²) in [6, 6.07) is 2.58. The molecule has 0 aliphatic rings. The van der Waals surface area contributed by atoms with Crippen molar-refractivity contribution in [3.05, 3.63) is 22.2 Å². The third kappa shape index (κ3) is 6.00. The molecule has 0 bridgehead atoms. The number of halogens is 1. The van der Waals surface area contributed by atoms with Crippen molar-refractivity contribution < 1.29 is 23.8 Å². The van der Waals surface area contributed by atoms with Crippen molar-refractivity contribution in [1.82, 2.24) is 5.43 Å². The maximum atomic E-state index is 10.7. The van der Waals surface area contributed by atoms with E-state index in [9.17, 15) is 9.59 Å². The van der Waals surface area contributed by atoms with Gasteiger partial charge in [-0.05, 0) is 28.1 Å². The Labute approximate surface area is 135 Å². The van der Waals surface area contributed by atoms with Crippen LogP contribution < -0.4 is 20.6 Å². The summed E-state index contributed by atoms with van der Waals surface area (Å²) in [5.41, 5.74) is 7.65. The number of amides is 2. The highest BCUT2D eigenvalue weighted by Crippen LogP contribution is 2.32. The number of nitrogens with zero attached hydrogens (tertiary/aromatic N) is 1. The summed E-state index contributed by atoms with van der Waals surface area (Å²) in [4.78, 5) is 21.2. The monoisotopic (exact) mass is 373 g/mol. The van der Waals surface area contributed by atoms with E-state index in [-0.39, 0.29) is 19.2 Å². The van der Waals surface area contributed by atoms with Crippen LogP contribution in [0.2, 0.25) is 0 Å². The smallest absolute Gasteiger partial charge is 0.332 e. The van der Waals surface area contributed by atoms with Crippen LogP contribution in [0.3, 0.4) is 0 Å². The number of hydrogen-bond donors (Lipinski definition) is 2. The maximum absolute atomic E-state index is 10.7. The van der Waals surface area contributed by atoms with Crippen LogP contribution in [-0.4, -0.2) is 38.5 Å². The largest absolute Gasteiger partial charge is 0.493 e. The number of nitrogens with two attached hydrogens (primary N) is 1. The minimum absolute atomic E-state index is 0.141. The molecule has 0 saturated carbocycles. The van der Waals surface area contributed by atoms with Crippen molar-refractivity contribution >= 4 is 34.1 Å². The van der Waals surface area contributed by atoms with Crippen LogP contribution in [0.15, 0.2) is 21.7 Å². The first-order valence-corrected chi connectivity index (χ1v) is 6.95. The number of urea groups is 1. The van der Waals surface area contributed by atoms with Gasteiger partial charge in [-0.1, -0.05) is 0 Å². The number of methoxy groups -OCH3 is 1. The lowest BCUT2D eigenvalue weighted by Crippen LogP contribution is -2.24. The number of rotatable bonds is 7. The van der Waals surface area contributed by atoms with Gasteiger partial charge in [0.05, 0.1) is 13.3 Å². The van der Waals surface area contributed by atoms with E-state index < -0.39 is 6.03 Å². The van der Waals surface area contributed by atoms with E-state index in [4.69, 9.17) is 19.9 Å². The van der Waals surface area contributed by atoms with Crippen molar-refractivity contribution in [1.29, 1.82) is 0 Å². The number of hydrogen-bond acceptors (Lipinski definition) is 6. The molecule has 0 fully saturated rings. The number of benzene rings is 1. The zero-order valence-corrected chi connectivity index (χ0v) is 13.7. The van der Waals surface area contributed by atoms with E-state index in [1.807, 2.05) is 0 Å². The molecule has 0 radical (unpaired) electrons. The van der Waals surface area contributed by atoms with Crippen LogP contribution in [-0.2, 0) is 9.53 Å². The highest BCUT2D eigenvalue weighted by atomic mass is 79.9. The number of ether oxygens (including phenoxy) is 3. The quantitative estimate of drug-likeness (QED) is 0.324. The molecule has 0 aliphatic heterocycles. The normalized spacial score (nSPS) is 10.3. The van der Waals surface area contributed by atoms with E-state index in [1.54, 1.807) is 12.1 Å². The van der Waals surface area contributed by atoms with Gasteiger partial charge in [-0.2, -0.15) is 5.10 Å². The summed E-state index contributed by atoms with van der Waals surface area (Å²) in [5, 5.41) is 3.67. The van der Waals surface area contributed by atoms with E-state index >= 15 is 0 Å². The number of carbonyl (C=O) groups excluding carboxylic acids is 2. The van der Waals surface area contributed by atoms with E-state index in [0.717, 1.165) is 0 Å². The summed E-state index contributed by atoms with van der Waals surface area (Å²) in [6.07, 6.45) is 1.40. The van der Waals surface area contributed by atoms with Crippen molar-refractivity contribution in [2.45, 2.75) is 6.92 Å². The fourth-order valence-electron chi connectivity index (χ4n) is 1.42. The molecule has 0 saturated heterocycles. The molecule has 0 aliphatic carbocycles. The Balaban J connectivity index is 2.79. The fourth-order valence-corrected chi connectivity index (χ4v) is 1.85. The van der Waals surface area contributed by atoms with Gasteiger partial charge in [0, 0.05) is 17.0 Å². The lowest BCUT2D eigenvalue weighted by Gasteiger charge is -2.12. The van der Waals surface area contributed by atoms with Crippen LogP contribution in [0.25, 0.3) is 0 Å². The topological polar surface area (TPSA) is 112 Å². The number of esters is 1. The zero-order valence-electron chi connectivity index (χ0n) is 12.1. The van der Waals surface area contributed by atoms with Crippen molar-refractivity contribution in [2.75, 3.05) is 20.3 Å². The average Bonchev–Trinajstić information content (AvgIpc) is 2.45. The summed E-state index contributed by atoms with van der Waals surface area (Å²) < 4.78 is 16.2. The molecular formula is C13H16BrN3O5. The Morgan fingerprint density at radius 3 is 2.68 bits per heavy atom. The molecule has 0 atom stereocenters.